The maximum atomic E-state index is 11.6. The van der Waals surface area contributed by atoms with Crippen LogP contribution in [0.3, 0.4) is 0 Å². The first-order chi connectivity index (χ1) is 28.4. The summed E-state index contributed by atoms with van der Waals surface area (Å²) in [5.41, 5.74) is 0.681. The topological polar surface area (TPSA) is 236 Å². The van der Waals surface area contributed by atoms with Crippen LogP contribution in [0.5, 0.6) is 0 Å². The highest BCUT2D eigenvalue weighted by molar-refractivity contribution is 5.29. The number of ether oxygens (including phenoxy) is 8. The van der Waals surface area contributed by atoms with Gasteiger partial charge in [-0.15, -0.1) is 0 Å². The summed E-state index contributed by atoms with van der Waals surface area (Å²) in [6.07, 6.45) is -12.0. The first-order valence-corrected chi connectivity index (χ1v) is 22.7. The molecule has 8 fully saturated rings. The molecule has 16 nitrogen and oxygen atoms in total. The minimum Gasteiger partial charge on any atom is -0.393 e. The first kappa shape index (κ1) is 44.3. The van der Waals surface area contributed by atoms with Crippen molar-refractivity contribution in [2.45, 2.75) is 203 Å². The molecular weight excluding hydrogens is 784 g/mol. The Hall–Kier alpha value is -0.900. The van der Waals surface area contributed by atoms with Gasteiger partial charge in [0.25, 0.3) is 0 Å². The first-order valence-electron chi connectivity index (χ1n) is 22.7. The molecule has 0 aromatic heterocycles. The monoisotopic (exact) mass is 854 g/mol. The van der Waals surface area contributed by atoms with E-state index in [-0.39, 0.29) is 36.4 Å². The lowest BCUT2D eigenvalue weighted by Gasteiger charge is -2.60. The summed E-state index contributed by atoms with van der Waals surface area (Å²) in [4.78, 5) is 0. The van der Waals surface area contributed by atoms with E-state index >= 15 is 0 Å². The van der Waals surface area contributed by atoms with Crippen molar-refractivity contribution in [1.29, 1.82) is 0 Å². The van der Waals surface area contributed by atoms with Gasteiger partial charge in [-0.25, -0.2) is 0 Å². The lowest BCUT2D eigenvalue weighted by atomic mass is 9.46. The van der Waals surface area contributed by atoms with Crippen LogP contribution in [-0.2, 0) is 37.9 Å². The van der Waals surface area contributed by atoms with Crippen molar-refractivity contribution in [2.75, 3.05) is 13.2 Å². The summed E-state index contributed by atoms with van der Waals surface area (Å²) in [6, 6.07) is 0. The number of hydrogen-bond donors (Lipinski definition) is 8. The molecule has 26 atom stereocenters. The second kappa shape index (κ2) is 16.2. The summed E-state index contributed by atoms with van der Waals surface area (Å²) < 4.78 is 51.1. The Labute approximate surface area is 352 Å². The van der Waals surface area contributed by atoms with Gasteiger partial charge in [0, 0.05) is 24.2 Å². The highest BCUT2D eigenvalue weighted by Gasteiger charge is 2.69. The third kappa shape index (κ3) is 7.01. The minimum atomic E-state index is -1.72. The normalized spacial score (nSPS) is 59.2. The molecule has 0 aromatic rings. The number of fused-ring (bicyclic) bond motifs is 7. The van der Waals surface area contributed by atoms with Gasteiger partial charge in [0.05, 0.1) is 43.7 Å². The zero-order valence-electron chi connectivity index (χ0n) is 35.8. The maximum absolute atomic E-state index is 11.6. The number of rotatable bonds is 6. The van der Waals surface area contributed by atoms with Crippen molar-refractivity contribution >= 4 is 0 Å². The van der Waals surface area contributed by atoms with E-state index in [1.165, 1.54) is 6.92 Å². The molecule has 23 unspecified atom stereocenters. The molecule has 1 spiro atoms. The van der Waals surface area contributed by atoms with E-state index in [2.05, 4.69) is 33.8 Å². The lowest BCUT2D eigenvalue weighted by molar-refractivity contribution is -0.391. The highest BCUT2D eigenvalue weighted by Crippen LogP contribution is 2.71. The van der Waals surface area contributed by atoms with Gasteiger partial charge in [-0.05, 0) is 87.4 Å². The van der Waals surface area contributed by atoms with Crippen molar-refractivity contribution in [2.24, 2.45) is 46.3 Å². The van der Waals surface area contributed by atoms with E-state index in [1.807, 2.05) is 0 Å². The summed E-state index contributed by atoms with van der Waals surface area (Å²) in [7, 11) is 0. The smallest absolute Gasteiger partial charge is 0.187 e. The van der Waals surface area contributed by atoms with E-state index in [1.54, 1.807) is 6.92 Å². The van der Waals surface area contributed by atoms with Gasteiger partial charge in [-0.1, -0.05) is 39.3 Å². The molecule has 16 heteroatoms. The van der Waals surface area contributed by atoms with Crippen LogP contribution in [0.15, 0.2) is 11.6 Å². The van der Waals surface area contributed by atoms with Crippen LogP contribution in [0, 0.1) is 46.3 Å². The number of aliphatic hydroxyl groups excluding tert-OH is 8. The molecule has 9 aliphatic rings. The van der Waals surface area contributed by atoms with Gasteiger partial charge in [0.2, 0.25) is 0 Å². The molecule has 5 saturated heterocycles. The van der Waals surface area contributed by atoms with E-state index in [0.717, 1.165) is 50.7 Å². The molecule has 0 amide bonds. The van der Waals surface area contributed by atoms with Gasteiger partial charge in [-0.2, -0.15) is 0 Å². The van der Waals surface area contributed by atoms with E-state index in [4.69, 9.17) is 37.9 Å². The Bertz CT molecular complexity index is 1580. The number of aliphatic hydroxyl groups is 8. The largest absolute Gasteiger partial charge is 0.393 e. The maximum Gasteiger partial charge on any atom is 0.187 e. The van der Waals surface area contributed by atoms with Crippen LogP contribution in [0.4, 0.5) is 0 Å². The average Bonchev–Trinajstić information content (AvgIpc) is 3.66. The third-order valence-corrected chi connectivity index (χ3v) is 17.3. The Morgan fingerprint density at radius 3 is 2.12 bits per heavy atom. The van der Waals surface area contributed by atoms with E-state index < -0.39 is 109 Å². The van der Waals surface area contributed by atoms with Gasteiger partial charge in [0.15, 0.2) is 24.7 Å². The SMILES string of the molecule is CC1CC[C@@]2(OC1)OC1CC3C4CC=C5CC(O)CC(OC6OC(C)C(O)C(OC7OCC(O)C(O)C7O)C6OC6OC(C)C(O)C(O)C6O)[C@]5(C)C4CC[C@]3(C)C1C2C. The second-order valence-corrected chi connectivity index (χ2v) is 20.7. The number of hydrogen-bond acceptors (Lipinski definition) is 16. The third-order valence-electron chi connectivity index (χ3n) is 17.3. The minimum absolute atomic E-state index is 0.0699. The Morgan fingerprint density at radius 1 is 0.683 bits per heavy atom. The highest BCUT2D eigenvalue weighted by atomic mass is 16.8. The van der Waals surface area contributed by atoms with Crippen molar-refractivity contribution in [3.63, 3.8) is 0 Å². The standard InChI is InChI=1S/C44H70O16/c1-18-9-12-44(54-16-18)19(2)30-28(60-44)15-26-24-8-7-22-13-23(45)14-29(43(22,6)25(24)10-11-42(26,30)5)57-41-38(59-40-36(52)34(50)31(47)20(3)55-40)37(32(48)21(4)56-41)58-39-35(51)33(49)27(46)17-53-39/h7,18-21,23-41,45-52H,8-17H2,1-6H3/t18?,19?,20?,21?,23?,24?,25?,26?,27?,28?,29?,30?,31?,32?,33?,34?,35?,36?,37?,38?,39?,40?,41?,42-,43-,44+/m0/s1. The van der Waals surface area contributed by atoms with Crippen LogP contribution in [0.2, 0.25) is 0 Å². The van der Waals surface area contributed by atoms with E-state index in [9.17, 15) is 40.9 Å². The molecule has 0 radical (unpaired) electrons. The van der Waals surface area contributed by atoms with E-state index in [0.29, 0.717) is 30.1 Å². The van der Waals surface area contributed by atoms with Crippen LogP contribution < -0.4 is 0 Å². The molecule has 8 N–H and O–H groups in total. The molecule has 342 valence electrons. The fraction of sp³-hybridized carbons (Fsp3) is 0.955. The van der Waals surface area contributed by atoms with Crippen LogP contribution in [-0.4, -0.2) is 164 Å². The molecule has 0 bridgehead atoms. The van der Waals surface area contributed by atoms with Crippen molar-refractivity contribution in [3.8, 4) is 0 Å². The van der Waals surface area contributed by atoms with Gasteiger partial charge >= 0.3 is 0 Å². The van der Waals surface area contributed by atoms with Gasteiger partial charge in [-0.3, -0.25) is 0 Å². The summed E-state index contributed by atoms with van der Waals surface area (Å²) >= 11 is 0. The van der Waals surface area contributed by atoms with Gasteiger partial charge in [0.1, 0.15) is 54.9 Å². The Balaban J connectivity index is 1.01. The predicted molar refractivity (Wildman–Crippen MR) is 208 cm³/mol. The molecule has 4 aliphatic carbocycles. The molecule has 9 rings (SSSR count). The zero-order valence-corrected chi connectivity index (χ0v) is 35.8. The van der Waals surface area contributed by atoms with Crippen molar-refractivity contribution in [1.82, 2.24) is 0 Å². The van der Waals surface area contributed by atoms with Gasteiger partial charge < -0.3 is 78.7 Å². The van der Waals surface area contributed by atoms with Crippen LogP contribution >= 0.6 is 0 Å². The van der Waals surface area contributed by atoms with Crippen molar-refractivity contribution < 1.29 is 78.7 Å². The molecule has 5 aliphatic heterocycles. The molecule has 60 heavy (non-hydrogen) atoms. The lowest BCUT2D eigenvalue weighted by Crippen LogP contribution is -2.66. The molecule has 5 heterocycles. The Kier molecular flexibility index (Phi) is 12.0. The quantitative estimate of drug-likeness (QED) is 0.173. The fourth-order valence-electron chi connectivity index (χ4n) is 13.8. The van der Waals surface area contributed by atoms with Crippen LogP contribution in [0.25, 0.3) is 0 Å². The van der Waals surface area contributed by atoms with Crippen molar-refractivity contribution in [3.05, 3.63) is 11.6 Å². The number of allylic oxidation sites excluding steroid dienone is 1. The predicted octanol–water partition coefficient (Wildman–Crippen LogP) is 0.852. The molecule has 3 saturated carbocycles. The summed E-state index contributed by atoms with van der Waals surface area (Å²) in [5.74, 6) is 1.67. The molecular formula is C44H70O16. The second-order valence-electron chi connectivity index (χ2n) is 20.7. The summed E-state index contributed by atoms with van der Waals surface area (Å²) in [5, 5.41) is 86.8. The molecule has 0 aromatic carbocycles. The zero-order chi connectivity index (χ0) is 42.8. The Morgan fingerprint density at radius 2 is 1.38 bits per heavy atom. The van der Waals surface area contributed by atoms with Crippen LogP contribution in [0.1, 0.15) is 92.9 Å². The average molecular weight is 855 g/mol. The summed E-state index contributed by atoms with van der Waals surface area (Å²) in [6.45, 7) is 12.8. The fourth-order valence-corrected chi connectivity index (χ4v) is 13.8.